The molecule has 0 unspecified atom stereocenters. The van der Waals surface area contributed by atoms with Crippen LogP contribution in [0.2, 0.25) is 0 Å². The van der Waals surface area contributed by atoms with Crippen molar-refractivity contribution in [3.63, 3.8) is 0 Å². The second-order valence-electron chi connectivity index (χ2n) is 2.80. The van der Waals surface area contributed by atoms with Crippen molar-refractivity contribution in [2.24, 2.45) is 0 Å². The van der Waals surface area contributed by atoms with Gasteiger partial charge in [-0.2, -0.15) is 0 Å². The van der Waals surface area contributed by atoms with Gasteiger partial charge in [-0.05, 0) is 0 Å². The van der Waals surface area contributed by atoms with Crippen molar-refractivity contribution >= 4 is 11.7 Å². The monoisotopic (exact) mass is 232 g/mol. The molecule has 0 spiro atoms. The Labute approximate surface area is 90.2 Å². The number of aromatic nitrogens is 1. The first kappa shape index (κ1) is 12.2. The normalized spacial score (nSPS) is 10.3. The fourth-order valence-corrected chi connectivity index (χ4v) is 1.19. The standard InChI is InChI=1S/C9H10F2N2O3/c1-15-8-6(12)5(7(10)11)4(3-13-8)9(14)16-2/h3,7H,12H2,1-2H3. The number of ether oxygens (including phenoxy) is 2. The van der Waals surface area contributed by atoms with Gasteiger partial charge in [-0.1, -0.05) is 0 Å². The minimum Gasteiger partial charge on any atom is -0.480 e. The van der Waals surface area contributed by atoms with Crippen LogP contribution in [0, 0.1) is 0 Å². The molecule has 16 heavy (non-hydrogen) atoms. The van der Waals surface area contributed by atoms with E-state index in [2.05, 4.69) is 14.5 Å². The minimum absolute atomic E-state index is 0.150. The van der Waals surface area contributed by atoms with Crippen LogP contribution >= 0.6 is 0 Å². The molecule has 0 aliphatic rings. The van der Waals surface area contributed by atoms with Gasteiger partial charge in [0.2, 0.25) is 5.88 Å². The van der Waals surface area contributed by atoms with Gasteiger partial charge in [0.15, 0.2) is 0 Å². The van der Waals surface area contributed by atoms with Gasteiger partial charge in [0.25, 0.3) is 6.43 Å². The second-order valence-corrected chi connectivity index (χ2v) is 2.80. The molecule has 5 nitrogen and oxygen atoms in total. The van der Waals surface area contributed by atoms with E-state index in [0.717, 1.165) is 13.3 Å². The van der Waals surface area contributed by atoms with Crippen LogP contribution in [0.25, 0.3) is 0 Å². The summed E-state index contributed by atoms with van der Waals surface area (Å²) in [5.41, 5.74) is 4.06. The van der Waals surface area contributed by atoms with E-state index in [4.69, 9.17) is 5.73 Å². The van der Waals surface area contributed by atoms with Crippen molar-refractivity contribution in [3.8, 4) is 5.88 Å². The van der Waals surface area contributed by atoms with E-state index in [1.54, 1.807) is 0 Å². The number of nitrogens with zero attached hydrogens (tertiary/aromatic N) is 1. The number of rotatable bonds is 3. The number of carbonyl (C=O) groups excluding carboxylic acids is 1. The van der Waals surface area contributed by atoms with Crippen molar-refractivity contribution in [1.29, 1.82) is 0 Å². The molecule has 1 aromatic rings. The van der Waals surface area contributed by atoms with Crippen LogP contribution in [-0.2, 0) is 4.74 Å². The first-order chi connectivity index (χ1) is 7.52. The van der Waals surface area contributed by atoms with Crippen LogP contribution in [0.5, 0.6) is 5.88 Å². The molecule has 2 N–H and O–H groups in total. The Morgan fingerprint density at radius 2 is 2.12 bits per heavy atom. The van der Waals surface area contributed by atoms with Crippen molar-refractivity contribution in [2.45, 2.75) is 6.43 Å². The fraction of sp³-hybridized carbons (Fsp3) is 0.333. The zero-order valence-electron chi connectivity index (χ0n) is 8.66. The second kappa shape index (κ2) is 4.73. The quantitative estimate of drug-likeness (QED) is 0.797. The van der Waals surface area contributed by atoms with Crippen molar-refractivity contribution in [1.82, 2.24) is 4.98 Å². The van der Waals surface area contributed by atoms with Crippen LogP contribution < -0.4 is 10.5 Å². The summed E-state index contributed by atoms with van der Waals surface area (Å²) < 4.78 is 34.5. The lowest BCUT2D eigenvalue weighted by molar-refractivity contribution is 0.0589. The van der Waals surface area contributed by atoms with E-state index in [9.17, 15) is 13.6 Å². The molecule has 0 aliphatic carbocycles. The van der Waals surface area contributed by atoms with E-state index in [0.29, 0.717) is 0 Å². The number of hydrogen-bond donors (Lipinski definition) is 1. The van der Waals surface area contributed by atoms with Crippen LogP contribution in [-0.4, -0.2) is 25.2 Å². The van der Waals surface area contributed by atoms with Crippen LogP contribution in [0.1, 0.15) is 22.3 Å². The van der Waals surface area contributed by atoms with E-state index >= 15 is 0 Å². The maximum Gasteiger partial charge on any atom is 0.340 e. The Kier molecular flexibility index (Phi) is 3.60. The summed E-state index contributed by atoms with van der Waals surface area (Å²) in [5, 5.41) is 0. The molecule has 1 aromatic heterocycles. The average molecular weight is 232 g/mol. The highest BCUT2D eigenvalue weighted by Gasteiger charge is 2.25. The summed E-state index contributed by atoms with van der Waals surface area (Å²) >= 11 is 0. The van der Waals surface area contributed by atoms with Gasteiger partial charge in [-0.25, -0.2) is 18.6 Å². The molecule has 0 saturated carbocycles. The highest BCUT2D eigenvalue weighted by molar-refractivity contribution is 5.92. The molecule has 0 radical (unpaired) electrons. The Bertz CT molecular complexity index is 410. The van der Waals surface area contributed by atoms with E-state index < -0.39 is 18.0 Å². The molecule has 1 rings (SSSR count). The Morgan fingerprint density at radius 1 is 1.50 bits per heavy atom. The molecule has 88 valence electrons. The molecule has 1 heterocycles. The summed E-state index contributed by atoms with van der Waals surface area (Å²) in [7, 11) is 2.32. The molecule has 0 aliphatic heterocycles. The molecular weight excluding hydrogens is 222 g/mol. The molecule has 0 aromatic carbocycles. The number of esters is 1. The third-order valence-electron chi connectivity index (χ3n) is 1.94. The Morgan fingerprint density at radius 3 is 2.56 bits per heavy atom. The molecule has 0 bridgehead atoms. The van der Waals surface area contributed by atoms with Crippen molar-refractivity contribution in [3.05, 3.63) is 17.3 Å². The van der Waals surface area contributed by atoms with Gasteiger partial charge in [0.1, 0.15) is 5.69 Å². The SMILES string of the molecule is COC(=O)c1cnc(OC)c(N)c1C(F)F. The molecular formula is C9H10F2N2O3. The lowest BCUT2D eigenvalue weighted by Crippen LogP contribution is -2.11. The fourth-order valence-electron chi connectivity index (χ4n) is 1.19. The smallest absolute Gasteiger partial charge is 0.340 e. The number of halogens is 2. The van der Waals surface area contributed by atoms with Gasteiger partial charge in [-0.3, -0.25) is 0 Å². The van der Waals surface area contributed by atoms with Gasteiger partial charge in [-0.15, -0.1) is 0 Å². The first-order valence-corrected chi connectivity index (χ1v) is 4.21. The number of alkyl halides is 2. The Hall–Kier alpha value is -1.92. The summed E-state index contributed by atoms with van der Waals surface area (Å²) in [4.78, 5) is 14.8. The summed E-state index contributed by atoms with van der Waals surface area (Å²) in [6, 6.07) is 0. The highest BCUT2D eigenvalue weighted by Crippen LogP contribution is 2.33. The van der Waals surface area contributed by atoms with Crippen molar-refractivity contribution < 1.29 is 23.0 Å². The number of nitrogen functional groups attached to an aromatic ring is 1. The van der Waals surface area contributed by atoms with E-state index in [1.807, 2.05) is 0 Å². The number of methoxy groups -OCH3 is 2. The highest BCUT2D eigenvalue weighted by atomic mass is 19.3. The Balaban J connectivity index is 3.40. The van der Waals surface area contributed by atoms with Crippen LogP contribution in [0.3, 0.4) is 0 Å². The van der Waals surface area contributed by atoms with Gasteiger partial charge >= 0.3 is 5.97 Å². The maximum absolute atomic E-state index is 12.7. The summed E-state index contributed by atoms with van der Waals surface area (Å²) in [6.07, 6.45) is -1.96. The minimum atomic E-state index is -2.91. The third kappa shape index (κ3) is 2.02. The van der Waals surface area contributed by atoms with Crippen LogP contribution in [0.15, 0.2) is 6.20 Å². The number of pyridine rings is 1. The summed E-state index contributed by atoms with van der Waals surface area (Å²) in [5.74, 6) is -1.07. The average Bonchev–Trinajstić information content (AvgIpc) is 2.26. The molecule has 0 saturated heterocycles. The number of hydrogen-bond acceptors (Lipinski definition) is 5. The molecule has 0 amide bonds. The largest absolute Gasteiger partial charge is 0.480 e. The lowest BCUT2D eigenvalue weighted by atomic mass is 10.1. The number of anilines is 1. The number of nitrogens with two attached hydrogens (primary N) is 1. The lowest BCUT2D eigenvalue weighted by Gasteiger charge is -2.12. The van der Waals surface area contributed by atoms with E-state index in [-0.39, 0.29) is 17.1 Å². The predicted molar refractivity (Wildman–Crippen MR) is 51.5 cm³/mol. The summed E-state index contributed by atoms with van der Waals surface area (Å²) in [6.45, 7) is 0. The van der Waals surface area contributed by atoms with Crippen LogP contribution in [0.4, 0.5) is 14.5 Å². The van der Waals surface area contributed by atoms with Gasteiger partial charge < -0.3 is 15.2 Å². The molecule has 0 atom stereocenters. The molecule has 0 fully saturated rings. The van der Waals surface area contributed by atoms with Crippen molar-refractivity contribution in [2.75, 3.05) is 20.0 Å². The van der Waals surface area contributed by atoms with Gasteiger partial charge in [0.05, 0.1) is 25.3 Å². The molecule has 7 heteroatoms. The number of carbonyl (C=O) groups is 1. The van der Waals surface area contributed by atoms with E-state index in [1.165, 1.54) is 7.11 Å². The maximum atomic E-state index is 12.7. The third-order valence-corrected chi connectivity index (χ3v) is 1.94. The topological polar surface area (TPSA) is 74.4 Å². The first-order valence-electron chi connectivity index (χ1n) is 4.21. The zero-order valence-corrected chi connectivity index (χ0v) is 8.66. The zero-order chi connectivity index (χ0) is 12.3. The van der Waals surface area contributed by atoms with Gasteiger partial charge in [0, 0.05) is 6.20 Å². The predicted octanol–water partition coefficient (Wildman–Crippen LogP) is 1.40.